The minimum atomic E-state index is -0.252. The van der Waals surface area contributed by atoms with E-state index in [9.17, 15) is 10.2 Å². The van der Waals surface area contributed by atoms with E-state index in [2.05, 4.69) is 9.97 Å². The van der Waals surface area contributed by atoms with Crippen molar-refractivity contribution in [2.45, 2.75) is 39.8 Å². The van der Waals surface area contributed by atoms with E-state index in [1.54, 1.807) is 12.1 Å². The van der Waals surface area contributed by atoms with Crippen LogP contribution in [0.25, 0.3) is 44.8 Å². The van der Waals surface area contributed by atoms with E-state index in [0.29, 0.717) is 32.8 Å². The maximum atomic E-state index is 12.3. The number of para-hydroxylation sites is 4. The third-order valence-corrected chi connectivity index (χ3v) is 7.72. The second-order valence-electron chi connectivity index (χ2n) is 10.3. The van der Waals surface area contributed by atoms with Crippen LogP contribution >= 0.6 is 46.4 Å². The van der Waals surface area contributed by atoms with Crippen LogP contribution in [0.3, 0.4) is 0 Å². The van der Waals surface area contributed by atoms with Gasteiger partial charge in [0.15, 0.2) is 0 Å². The van der Waals surface area contributed by atoms with Gasteiger partial charge in [0.1, 0.15) is 11.6 Å². The molecule has 6 rings (SSSR count). The molecule has 0 atom stereocenters. The molecule has 2 aromatic heterocycles. The van der Waals surface area contributed by atoms with Crippen molar-refractivity contribution in [1.82, 2.24) is 19.1 Å². The summed E-state index contributed by atoms with van der Waals surface area (Å²) in [5.74, 6) is 0.692. The second kappa shape index (κ2) is 13.4. The average molecular weight is 699 g/mol. The van der Waals surface area contributed by atoms with Crippen molar-refractivity contribution in [3.8, 4) is 34.3 Å². The van der Waals surface area contributed by atoms with Gasteiger partial charge in [-0.15, -0.1) is 0 Å². The zero-order chi connectivity index (χ0) is 30.3. The van der Waals surface area contributed by atoms with Crippen LogP contribution in [0.2, 0.25) is 20.1 Å². The molecule has 0 fully saturated rings. The van der Waals surface area contributed by atoms with Crippen LogP contribution in [0.1, 0.15) is 39.8 Å². The number of rotatable bonds is 4. The Hall–Kier alpha value is -2.93. The molecular formula is C32H26Cl4N4NiO2. The maximum absolute atomic E-state index is 12.3. The SMILES string of the molecule is CC(C)n1c(-c2cc(Cl)cc(Cl)c2[O-])nc2ccccc21.CC(C)n1c(-c2cc(Cl)cc(Cl)c2[O-])nc2ccccc21.[Ni+2]. The summed E-state index contributed by atoms with van der Waals surface area (Å²) in [6, 6.07) is 22.0. The first kappa shape index (κ1) is 33.0. The molecule has 0 radical (unpaired) electrons. The Morgan fingerprint density at radius 2 is 0.930 bits per heavy atom. The Labute approximate surface area is 279 Å². The van der Waals surface area contributed by atoms with Gasteiger partial charge < -0.3 is 19.3 Å². The molecule has 6 aromatic rings. The third kappa shape index (κ3) is 6.47. The Balaban J connectivity index is 0.000000192. The normalized spacial score (nSPS) is 11.2. The number of aromatic nitrogens is 4. The van der Waals surface area contributed by atoms with Crippen LogP contribution in [-0.2, 0) is 16.5 Å². The summed E-state index contributed by atoms with van der Waals surface area (Å²) in [4.78, 5) is 9.19. The Bertz CT molecular complexity index is 1800. The second-order valence-corrected chi connectivity index (χ2v) is 12.0. The van der Waals surface area contributed by atoms with Crippen molar-refractivity contribution in [2.24, 2.45) is 0 Å². The summed E-state index contributed by atoms with van der Waals surface area (Å²) in [6.07, 6.45) is 0. The van der Waals surface area contributed by atoms with Gasteiger partial charge in [0.2, 0.25) is 0 Å². The van der Waals surface area contributed by atoms with E-state index < -0.39 is 0 Å². The number of benzene rings is 4. The fourth-order valence-corrected chi connectivity index (χ4v) is 5.95. The monoisotopic (exact) mass is 696 g/mol. The minimum absolute atomic E-state index is 0. The number of hydrogen-bond acceptors (Lipinski definition) is 4. The van der Waals surface area contributed by atoms with Crippen LogP contribution in [-0.4, -0.2) is 19.1 Å². The first-order valence-electron chi connectivity index (χ1n) is 13.2. The standard InChI is InChI=1S/2C16H14Cl2N2O.Ni/c2*1-9(2)20-14-6-4-3-5-13(14)19-16(20)11-7-10(17)8-12(18)15(11)21;/h2*3-9,21H,1-2H3;/q;;+2/p-2. The van der Waals surface area contributed by atoms with Crippen molar-refractivity contribution in [1.29, 1.82) is 0 Å². The largest absolute Gasteiger partial charge is 2.00 e. The average Bonchev–Trinajstić information content (AvgIpc) is 3.52. The van der Waals surface area contributed by atoms with Crippen molar-refractivity contribution in [3.05, 3.63) is 92.9 Å². The fraction of sp³-hybridized carbons (Fsp3) is 0.188. The molecule has 0 amide bonds. The van der Waals surface area contributed by atoms with Crippen molar-refractivity contribution in [2.75, 3.05) is 0 Å². The molecule has 43 heavy (non-hydrogen) atoms. The maximum Gasteiger partial charge on any atom is 2.00 e. The third-order valence-electron chi connectivity index (χ3n) is 6.72. The summed E-state index contributed by atoms with van der Waals surface area (Å²) in [5, 5.41) is 25.7. The first-order valence-corrected chi connectivity index (χ1v) is 14.8. The fourth-order valence-electron chi connectivity index (χ4n) is 4.97. The van der Waals surface area contributed by atoms with Gasteiger partial charge in [0, 0.05) is 43.3 Å². The molecule has 0 aliphatic carbocycles. The molecule has 0 unspecified atom stereocenters. The summed E-state index contributed by atoms with van der Waals surface area (Å²) in [7, 11) is 0. The summed E-state index contributed by atoms with van der Waals surface area (Å²) >= 11 is 24.0. The van der Waals surface area contributed by atoms with Gasteiger partial charge in [-0.2, -0.15) is 0 Å². The molecule has 6 nitrogen and oxygen atoms in total. The van der Waals surface area contributed by atoms with E-state index in [1.165, 1.54) is 12.1 Å². The van der Waals surface area contributed by atoms with Gasteiger partial charge in [-0.25, -0.2) is 9.97 Å². The molecule has 0 bridgehead atoms. The molecular weight excluding hydrogens is 673 g/mol. The molecule has 0 N–H and O–H groups in total. The zero-order valence-electron chi connectivity index (χ0n) is 23.5. The summed E-state index contributed by atoms with van der Waals surface area (Å²) < 4.78 is 4.05. The van der Waals surface area contributed by atoms with Gasteiger partial charge in [0.25, 0.3) is 0 Å². The van der Waals surface area contributed by atoms with Crippen LogP contribution in [0.4, 0.5) is 0 Å². The van der Waals surface area contributed by atoms with E-state index >= 15 is 0 Å². The van der Waals surface area contributed by atoms with Crippen molar-refractivity contribution in [3.63, 3.8) is 0 Å². The number of halogens is 4. The number of nitrogens with zero attached hydrogens (tertiary/aromatic N) is 4. The molecule has 4 aromatic carbocycles. The van der Waals surface area contributed by atoms with Crippen molar-refractivity contribution >= 4 is 68.5 Å². The number of hydrogen-bond donors (Lipinski definition) is 0. The quantitative estimate of drug-likeness (QED) is 0.172. The molecule has 0 aliphatic rings. The Kier molecular flexibility index (Phi) is 10.3. The van der Waals surface area contributed by atoms with Gasteiger partial charge in [-0.1, -0.05) is 82.2 Å². The van der Waals surface area contributed by atoms with Crippen molar-refractivity contribution < 1.29 is 26.7 Å². The number of fused-ring (bicyclic) bond motifs is 2. The molecule has 0 aliphatic heterocycles. The molecule has 11 heteroatoms. The van der Waals surface area contributed by atoms with Crippen LogP contribution in [0.5, 0.6) is 11.5 Å². The summed E-state index contributed by atoms with van der Waals surface area (Å²) in [6.45, 7) is 8.20. The minimum Gasteiger partial charge on any atom is -0.871 e. The van der Waals surface area contributed by atoms with Crippen LogP contribution < -0.4 is 10.2 Å². The molecule has 0 spiro atoms. The van der Waals surface area contributed by atoms with Gasteiger partial charge in [-0.3, -0.25) is 0 Å². The van der Waals surface area contributed by atoms with Gasteiger partial charge in [-0.05, 0) is 76.2 Å². The molecule has 0 saturated carbocycles. The zero-order valence-corrected chi connectivity index (χ0v) is 27.5. The van der Waals surface area contributed by atoms with Crippen LogP contribution in [0.15, 0.2) is 72.8 Å². The number of imidazole rings is 2. The molecule has 224 valence electrons. The molecule has 2 heterocycles. The summed E-state index contributed by atoms with van der Waals surface area (Å²) in [5.41, 5.74) is 4.51. The predicted octanol–water partition coefficient (Wildman–Crippen LogP) is 9.33. The Morgan fingerprint density at radius 1 is 0.581 bits per heavy atom. The van der Waals surface area contributed by atoms with Crippen LogP contribution in [0, 0.1) is 0 Å². The Morgan fingerprint density at radius 3 is 1.28 bits per heavy atom. The first-order chi connectivity index (χ1) is 20.0. The topological polar surface area (TPSA) is 81.8 Å². The van der Waals surface area contributed by atoms with Gasteiger partial charge >= 0.3 is 16.5 Å². The predicted molar refractivity (Wildman–Crippen MR) is 170 cm³/mol. The molecule has 0 saturated heterocycles. The van der Waals surface area contributed by atoms with Gasteiger partial charge in [0.05, 0.1) is 22.1 Å². The smallest absolute Gasteiger partial charge is 0.871 e. The van der Waals surface area contributed by atoms with E-state index in [4.69, 9.17) is 46.4 Å². The van der Waals surface area contributed by atoms with E-state index in [1.807, 2.05) is 85.4 Å². The van der Waals surface area contributed by atoms with E-state index in [0.717, 1.165) is 22.1 Å². The van der Waals surface area contributed by atoms with E-state index in [-0.39, 0.29) is 50.1 Å².